The predicted octanol–water partition coefficient (Wildman–Crippen LogP) is 5.22. The van der Waals surface area contributed by atoms with Crippen molar-refractivity contribution in [3.05, 3.63) is 68.8 Å². The normalized spacial score (nSPS) is 15.8. The van der Waals surface area contributed by atoms with Crippen LogP contribution in [0.1, 0.15) is 18.1 Å². The Hall–Kier alpha value is -2.12. The van der Waals surface area contributed by atoms with E-state index < -0.39 is 0 Å². The summed E-state index contributed by atoms with van der Waals surface area (Å²) < 4.78 is 20.0. The molecule has 3 rings (SSSR count). The van der Waals surface area contributed by atoms with Gasteiger partial charge in [0.2, 0.25) is 0 Å². The van der Waals surface area contributed by atoms with Gasteiger partial charge in [-0.1, -0.05) is 24.3 Å². The molecule has 4 nitrogen and oxygen atoms in total. The topological polar surface area (TPSA) is 46.6 Å². The number of ether oxygens (including phenoxy) is 1. The van der Waals surface area contributed by atoms with E-state index in [1.54, 1.807) is 49.4 Å². The summed E-state index contributed by atoms with van der Waals surface area (Å²) in [4.78, 5) is 25.5. The molecule has 1 aliphatic heterocycles. The van der Waals surface area contributed by atoms with Crippen LogP contribution in [0.2, 0.25) is 0 Å². The molecule has 0 unspecified atom stereocenters. The molecule has 1 aliphatic rings. The molecule has 0 aromatic heterocycles. The van der Waals surface area contributed by atoms with Gasteiger partial charge in [0.1, 0.15) is 18.2 Å². The van der Waals surface area contributed by atoms with E-state index in [9.17, 15) is 14.0 Å². The Morgan fingerprint density at radius 3 is 2.65 bits per heavy atom. The third-order valence-corrected chi connectivity index (χ3v) is 5.31. The van der Waals surface area contributed by atoms with Gasteiger partial charge in [-0.25, -0.2) is 4.39 Å². The number of hydrogen-bond donors (Lipinski definition) is 0. The summed E-state index contributed by atoms with van der Waals surface area (Å²) in [7, 11) is 0. The molecule has 0 N–H and O–H groups in total. The number of carbonyl (C=O) groups excluding carboxylic acids is 2. The molecule has 1 fully saturated rings. The van der Waals surface area contributed by atoms with Crippen LogP contribution in [-0.4, -0.2) is 22.6 Å². The van der Waals surface area contributed by atoms with Gasteiger partial charge < -0.3 is 4.74 Å². The molecule has 2 aromatic rings. The molecule has 134 valence electrons. The second-order valence-electron chi connectivity index (χ2n) is 5.50. The van der Waals surface area contributed by atoms with Crippen molar-refractivity contribution in [2.75, 3.05) is 6.54 Å². The average molecular weight is 436 g/mol. The van der Waals surface area contributed by atoms with Crippen molar-refractivity contribution in [3.63, 3.8) is 0 Å². The predicted molar refractivity (Wildman–Crippen MR) is 103 cm³/mol. The van der Waals surface area contributed by atoms with Gasteiger partial charge in [-0.15, -0.1) is 0 Å². The Bertz CT molecular complexity index is 900. The number of benzene rings is 2. The Labute approximate surface area is 163 Å². The first-order valence-corrected chi connectivity index (χ1v) is 9.51. The van der Waals surface area contributed by atoms with Gasteiger partial charge in [0.25, 0.3) is 11.1 Å². The third-order valence-electron chi connectivity index (χ3n) is 3.78. The van der Waals surface area contributed by atoms with Crippen molar-refractivity contribution in [2.24, 2.45) is 0 Å². The van der Waals surface area contributed by atoms with Crippen LogP contribution in [0, 0.1) is 5.82 Å². The highest BCUT2D eigenvalue weighted by Crippen LogP contribution is 2.33. The van der Waals surface area contributed by atoms with Crippen molar-refractivity contribution < 1.29 is 18.7 Å². The standard InChI is InChI=1S/C19H15BrFNO3S/c1-2-22-18(23)17(26-19(22)24)10-12-7-8-16(14(20)9-12)25-11-13-5-3-4-6-15(13)21/h3-10H,2,11H2,1H3/b17-10+. The van der Waals surface area contributed by atoms with E-state index in [4.69, 9.17) is 4.74 Å². The summed E-state index contributed by atoms with van der Waals surface area (Å²) in [6.45, 7) is 2.23. The highest BCUT2D eigenvalue weighted by atomic mass is 79.9. The molecular weight excluding hydrogens is 421 g/mol. The Morgan fingerprint density at radius 2 is 2.00 bits per heavy atom. The first kappa shape index (κ1) is 18.7. The molecule has 0 radical (unpaired) electrons. The fourth-order valence-electron chi connectivity index (χ4n) is 2.42. The van der Waals surface area contributed by atoms with Crippen LogP contribution in [0.3, 0.4) is 0 Å². The van der Waals surface area contributed by atoms with E-state index in [2.05, 4.69) is 15.9 Å². The van der Waals surface area contributed by atoms with Gasteiger partial charge in [0, 0.05) is 12.1 Å². The number of imide groups is 1. The van der Waals surface area contributed by atoms with Crippen molar-refractivity contribution in [3.8, 4) is 5.75 Å². The lowest BCUT2D eigenvalue weighted by atomic mass is 10.2. The van der Waals surface area contributed by atoms with Gasteiger partial charge in [-0.2, -0.15) is 0 Å². The van der Waals surface area contributed by atoms with Gasteiger partial charge >= 0.3 is 0 Å². The van der Waals surface area contributed by atoms with Crippen LogP contribution in [0.4, 0.5) is 9.18 Å². The lowest BCUT2D eigenvalue weighted by Gasteiger charge is -2.10. The van der Waals surface area contributed by atoms with E-state index in [0.717, 1.165) is 17.3 Å². The highest BCUT2D eigenvalue weighted by Gasteiger charge is 2.33. The zero-order valence-electron chi connectivity index (χ0n) is 13.9. The molecule has 0 saturated carbocycles. The molecule has 0 bridgehead atoms. The number of amides is 2. The molecule has 7 heteroatoms. The zero-order chi connectivity index (χ0) is 18.7. The fraction of sp³-hybridized carbons (Fsp3) is 0.158. The minimum atomic E-state index is -0.313. The Kier molecular flexibility index (Phi) is 5.78. The number of halogens is 2. The number of likely N-dealkylation sites (N-methyl/N-ethyl adjacent to an activating group) is 1. The second-order valence-corrected chi connectivity index (χ2v) is 7.34. The lowest BCUT2D eigenvalue weighted by molar-refractivity contribution is -0.122. The van der Waals surface area contributed by atoms with Crippen molar-refractivity contribution in [1.29, 1.82) is 0 Å². The largest absolute Gasteiger partial charge is 0.488 e. The summed E-state index contributed by atoms with van der Waals surface area (Å²) in [6, 6.07) is 11.7. The third kappa shape index (κ3) is 3.99. The monoisotopic (exact) mass is 435 g/mol. The molecule has 0 aliphatic carbocycles. The van der Waals surface area contributed by atoms with E-state index in [1.807, 2.05) is 0 Å². The van der Waals surface area contributed by atoms with Gasteiger partial charge in [0.15, 0.2) is 0 Å². The first-order valence-electron chi connectivity index (χ1n) is 7.90. The van der Waals surface area contributed by atoms with Crippen molar-refractivity contribution in [1.82, 2.24) is 4.90 Å². The molecule has 2 amide bonds. The summed E-state index contributed by atoms with van der Waals surface area (Å²) >= 11 is 4.35. The number of nitrogens with zero attached hydrogens (tertiary/aromatic N) is 1. The number of rotatable bonds is 5. The maximum Gasteiger partial charge on any atom is 0.293 e. The van der Waals surface area contributed by atoms with Crippen LogP contribution < -0.4 is 4.74 Å². The van der Waals surface area contributed by atoms with Crippen molar-refractivity contribution >= 4 is 44.9 Å². The fourth-order valence-corrected chi connectivity index (χ4v) is 3.83. The van der Waals surface area contributed by atoms with Crippen molar-refractivity contribution in [2.45, 2.75) is 13.5 Å². The van der Waals surface area contributed by atoms with E-state index in [-0.39, 0.29) is 23.6 Å². The maximum absolute atomic E-state index is 13.6. The van der Waals surface area contributed by atoms with Crippen LogP contribution >= 0.6 is 27.7 Å². The Morgan fingerprint density at radius 1 is 1.23 bits per heavy atom. The quantitative estimate of drug-likeness (QED) is 0.603. The van der Waals surface area contributed by atoms with Crippen LogP contribution in [0.5, 0.6) is 5.75 Å². The molecule has 2 aromatic carbocycles. The van der Waals surface area contributed by atoms with E-state index >= 15 is 0 Å². The average Bonchev–Trinajstić information content (AvgIpc) is 2.88. The van der Waals surface area contributed by atoms with Crippen LogP contribution in [0.25, 0.3) is 6.08 Å². The summed E-state index contributed by atoms with van der Waals surface area (Å²) in [5.74, 6) is -0.0301. The number of hydrogen-bond acceptors (Lipinski definition) is 4. The maximum atomic E-state index is 13.6. The highest BCUT2D eigenvalue weighted by molar-refractivity contribution is 9.10. The second kappa shape index (κ2) is 8.05. The first-order chi connectivity index (χ1) is 12.5. The number of carbonyl (C=O) groups is 2. The van der Waals surface area contributed by atoms with E-state index in [1.165, 1.54) is 11.0 Å². The Balaban J connectivity index is 1.74. The summed E-state index contributed by atoms with van der Waals surface area (Å²) in [6.07, 6.45) is 1.67. The van der Waals surface area contributed by atoms with Gasteiger partial charge in [0.05, 0.1) is 9.38 Å². The molecule has 1 saturated heterocycles. The van der Waals surface area contributed by atoms with Crippen LogP contribution in [0.15, 0.2) is 51.8 Å². The van der Waals surface area contributed by atoms with Gasteiger partial charge in [-0.3, -0.25) is 14.5 Å². The molecular formula is C19H15BrFNO3S. The summed E-state index contributed by atoms with van der Waals surface area (Å²) in [5.41, 5.74) is 1.23. The summed E-state index contributed by atoms with van der Waals surface area (Å²) in [5, 5.41) is -0.257. The molecule has 1 heterocycles. The smallest absolute Gasteiger partial charge is 0.293 e. The van der Waals surface area contributed by atoms with Crippen LogP contribution in [-0.2, 0) is 11.4 Å². The van der Waals surface area contributed by atoms with Gasteiger partial charge in [-0.05, 0) is 64.5 Å². The number of thioether (sulfide) groups is 1. The lowest BCUT2D eigenvalue weighted by Crippen LogP contribution is -2.27. The minimum Gasteiger partial charge on any atom is -0.488 e. The molecule has 0 spiro atoms. The molecule has 26 heavy (non-hydrogen) atoms. The molecule has 0 atom stereocenters. The van der Waals surface area contributed by atoms with E-state index in [0.29, 0.717) is 27.2 Å². The minimum absolute atomic E-state index is 0.111. The zero-order valence-corrected chi connectivity index (χ0v) is 16.3. The SMILES string of the molecule is CCN1C(=O)S/C(=C/c2ccc(OCc3ccccc3F)c(Br)c2)C1=O.